The van der Waals surface area contributed by atoms with Crippen LogP contribution < -0.4 is 4.74 Å². The molecule has 0 saturated heterocycles. The zero-order valence-corrected chi connectivity index (χ0v) is 15.2. The van der Waals surface area contributed by atoms with Crippen molar-refractivity contribution in [1.29, 1.82) is 0 Å². The van der Waals surface area contributed by atoms with Crippen LogP contribution in [0.15, 0.2) is 12.1 Å². The first-order valence-corrected chi connectivity index (χ1v) is 8.60. The lowest BCUT2D eigenvalue weighted by Crippen LogP contribution is -2.39. The van der Waals surface area contributed by atoms with Crippen molar-refractivity contribution in [3.05, 3.63) is 28.3 Å². The van der Waals surface area contributed by atoms with Crippen LogP contribution in [0.5, 0.6) is 5.75 Å². The Morgan fingerprint density at radius 3 is 2.70 bits per heavy atom. The van der Waals surface area contributed by atoms with E-state index in [2.05, 4.69) is 6.92 Å². The maximum Gasteiger partial charge on any atom is 0.410 e. The molecule has 0 aromatic heterocycles. The quantitative estimate of drug-likeness (QED) is 0.739. The number of ether oxygens (including phenoxy) is 2. The van der Waals surface area contributed by atoms with Gasteiger partial charge in [-0.1, -0.05) is 24.9 Å². The number of unbranched alkanes of at least 4 members (excludes halogenated alkanes) is 1. The first kappa shape index (κ1) is 17.9. The fourth-order valence-corrected chi connectivity index (χ4v) is 2.72. The summed E-state index contributed by atoms with van der Waals surface area (Å²) in [6.45, 7) is 9.61. The molecule has 1 aromatic carbocycles. The Morgan fingerprint density at radius 2 is 2.04 bits per heavy atom. The molecule has 0 aliphatic carbocycles. The number of fused-ring (bicyclic) bond motifs is 1. The second-order valence-electron chi connectivity index (χ2n) is 6.91. The van der Waals surface area contributed by atoms with Gasteiger partial charge in [-0.15, -0.1) is 0 Å². The van der Waals surface area contributed by atoms with Gasteiger partial charge in [0.05, 0.1) is 11.6 Å². The lowest BCUT2D eigenvalue weighted by molar-refractivity contribution is 0.0224. The summed E-state index contributed by atoms with van der Waals surface area (Å²) in [5.41, 5.74) is 1.78. The third-order valence-corrected chi connectivity index (χ3v) is 3.97. The van der Waals surface area contributed by atoms with Crippen LogP contribution >= 0.6 is 11.6 Å². The van der Waals surface area contributed by atoms with Crippen LogP contribution in [0.4, 0.5) is 4.79 Å². The van der Waals surface area contributed by atoms with Gasteiger partial charge in [0.25, 0.3) is 0 Å². The van der Waals surface area contributed by atoms with E-state index in [0.717, 1.165) is 30.6 Å². The van der Waals surface area contributed by atoms with E-state index in [0.29, 0.717) is 24.7 Å². The zero-order chi connectivity index (χ0) is 17.0. The van der Waals surface area contributed by atoms with Crippen molar-refractivity contribution in [3.8, 4) is 5.75 Å². The van der Waals surface area contributed by atoms with Gasteiger partial charge in [-0.3, -0.25) is 0 Å². The van der Waals surface area contributed by atoms with E-state index in [1.165, 1.54) is 5.56 Å². The highest BCUT2D eigenvalue weighted by atomic mass is 35.5. The third-order valence-electron chi connectivity index (χ3n) is 3.67. The highest BCUT2D eigenvalue weighted by molar-refractivity contribution is 6.32. The van der Waals surface area contributed by atoms with Crippen LogP contribution in [0, 0.1) is 0 Å². The standard InChI is InChI=1S/C18H26ClNO3/c1-5-6-9-22-16-11-13-7-8-20(12-14(13)10-15(16)19)17(21)23-18(2,3)4/h10-11H,5-9,12H2,1-4H3. The Hall–Kier alpha value is -1.42. The molecule has 23 heavy (non-hydrogen) atoms. The van der Waals surface area contributed by atoms with Gasteiger partial charge >= 0.3 is 6.09 Å². The van der Waals surface area contributed by atoms with Gasteiger partial charge in [0, 0.05) is 13.1 Å². The van der Waals surface area contributed by atoms with E-state index < -0.39 is 5.60 Å². The number of rotatable bonds is 4. The minimum atomic E-state index is -0.480. The van der Waals surface area contributed by atoms with E-state index in [9.17, 15) is 4.79 Å². The van der Waals surface area contributed by atoms with E-state index in [1.807, 2.05) is 32.9 Å². The predicted molar refractivity (Wildman–Crippen MR) is 92.2 cm³/mol. The molecule has 0 N–H and O–H groups in total. The van der Waals surface area contributed by atoms with Gasteiger partial charge < -0.3 is 14.4 Å². The molecule has 1 aliphatic rings. The van der Waals surface area contributed by atoms with Gasteiger partial charge in [0.2, 0.25) is 0 Å². The Kier molecular flexibility index (Phi) is 5.79. The minimum Gasteiger partial charge on any atom is -0.492 e. The van der Waals surface area contributed by atoms with E-state index in [-0.39, 0.29) is 6.09 Å². The van der Waals surface area contributed by atoms with Gasteiger partial charge in [-0.2, -0.15) is 0 Å². The lowest BCUT2D eigenvalue weighted by Gasteiger charge is -2.31. The molecule has 4 nitrogen and oxygen atoms in total. The summed E-state index contributed by atoms with van der Waals surface area (Å²) in [5.74, 6) is 0.740. The summed E-state index contributed by atoms with van der Waals surface area (Å²) in [4.78, 5) is 13.9. The highest BCUT2D eigenvalue weighted by Gasteiger charge is 2.26. The Balaban J connectivity index is 2.07. The van der Waals surface area contributed by atoms with Crippen molar-refractivity contribution in [2.24, 2.45) is 0 Å². The largest absolute Gasteiger partial charge is 0.492 e. The van der Waals surface area contributed by atoms with Crippen molar-refractivity contribution in [2.45, 2.75) is 59.1 Å². The summed E-state index contributed by atoms with van der Waals surface area (Å²) in [6.07, 6.45) is 2.62. The Labute approximate surface area is 143 Å². The molecule has 5 heteroatoms. The van der Waals surface area contributed by atoms with Crippen molar-refractivity contribution in [1.82, 2.24) is 4.90 Å². The molecule has 0 fully saturated rings. The smallest absolute Gasteiger partial charge is 0.410 e. The fourth-order valence-electron chi connectivity index (χ4n) is 2.48. The molecule has 0 atom stereocenters. The average Bonchev–Trinajstić information content (AvgIpc) is 2.45. The van der Waals surface area contributed by atoms with Crippen molar-refractivity contribution in [3.63, 3.8) is 0 Å². The maximum atomic E-state index is 12.2. The molecule has 0 spiro atoms. The van der Waals surface area contributed by atoms with E-state index in [1.54, 1.807) is 4.90 Å². The number of hydrogen-bond acceptors (Lipinski definition) is 3. The number of benzene rings is 1. The molecule has 0 unspecified atom stereocenters. The number of halogens is 1. The molecule has 0 bridgehead atoms. The summed E-state index contributed by atoms with van der Waals surface area (Å²) in [7, 11) is 0. The molecule has 0 saturated carbocycles. The summed E-state index contributed by atoms with van der Waals surface area (Å²) in [6, 6.07) is 3.93. The summed E-state index contributed by atoms with van der Waals surface area (Å²) >= 11 is 6.31. The number of nitrogens with zero attached hydrogens (tertiary/aromatic N) is 1. The topological polar surface area (TPSA) is 38.8 Å². The predicted octanol–water partition coefficient (Wildman–Crippen LogP) is 4.81. The highest BCUT2D eigenvalue weighted by Crippen LogP contribution is 2.32. The normalized spacial score (nSPS) is 14.4. The molecule has 1 amide bonds. The lowest BCUT2D eigenvalue weighted by atomic mass is 9.99. The van der Waals surface area contributed by atoms with Gasteiger partial charge in [-0.25, -0.2) is 4.79 Å². The Morgan fingerprint density at radius 1 is 1.30 bits per heavy atom. The zero-order valence-electron chi connectivity index (χ0n) is 14.4. The number of carbonyl (C=O) groups is 1. The van der Waals surface area contributed by atoms with Crippen LogP contribution in [0.2, 0.25) is 5.02 Å². The molecule has 1 aromatic rings. The van der Waals surface area contributed by atoms with Gasteiger partial charge in [-0.05, 0) is 56.9 Å². The minimum absolute atomic E-state index is 0.275. The number of amides is 1. The third kappa shape index (κ3) is 5.03. The molecule has 1 heterocycles. The number of carbonyl (C=O) groups excluding carboxylic acids is 1. The van der Waals surface area contributed by atoms with E-state index >= 15 is 0 Å². The average molecular weight is 340 g/mol. The van der Waals surface area contributed by atoms with Crippen molar-refractivity contribution < 1.29 is 14.3 Å². The van der Waals surface area contributed by atoms with Crippen LogP contribution in [-0.2, 0) is 17.7 Å². The van der Waals surface area contributed by atoms with Crippen LogP contribution in [0.25, 0.3) is 0 Å². The first-order chi connectivity index (χ1) is 10.8. The fraction of sp³-hybridized carbons (Fsp3) is 0.611. The molecular weight excluding hydrogens is 314 g/mol. The molecule has 0 radical (unpaired) electrons. The molecule has 128 valence electrons. The molecule has 1 aliphatic heterocycles. The SMILES string of the molecule is CCCCOc1cc2c(cc1Cl)CN(C(=O)OC(C)(C)C)CC2. The van der Waals surface area contributed by atoms with Crippen LogP contribution in [-0.4, -0.2) is 29.7 Å². The van der Waals surface area contributed by atoms with Gasteiger partial charge in [0.1, 0.15) is 11.4 Å². The molecular formula is C18H26ClNO3. The first-order valence-electron chi connectivity index (χ1n) is 8.22. The molecule has 2 rings (SSSR count). The van der Waals surface area contributed by atoms with Gasteiger partial charge in [0.15, 0.2) is 0 Å². The Bertz CT molecular complexity index is 566. The van der Waals surface area contributed by atoms with Crippen LogP contribution in [0.3, 0.4) is 0 Å². The second kappa shape index (κ2) is 7.43. The summed E-state index contributed by atoms with van der Waals surface area (Å²) in [5, 5.41) is 0.603. The summed E-state index contributed by atoms with van der Waals surface area (Å²) < 4.78 is 11.2. The monoisotopic (exact) mass is 339 g/mol. The van der Waals surface area contributed by atoms with Crippen molar-refractivity contribution in [2.75, 3.05) is 13.2 Å². The second-order valence-corrected chi connectivity index (χ2v) is 7.31. The van der Waals surface area contributed by atoms with E-state index in [4.69, 9.17) is 21.1 Å². The number of hydrogen-bond donors (Lipinski definition) is 0. The van der Waals surface area contributed by atoms with Crippen LogP contribution in [0.1, 0.15) is 51.7 Å². The maximum absolute atomic E-state index is 12.2. The van der Waals surface area contributed by atoms with Crippen molar-refractivity contribution >= 4 is 17.7 Å².